The van der Waals surface area contributed by atoms with E-state index < -0.39 is 10.0 Å². The Labute approximate surface area is 167 Å². The van der Waals surface area contributed by atoms with E-state index in [0.717, 1.165) is 17.7 Å². The van der Waals surface area contributed by atoms with Gasteiger partial charge in [-0.05, 0) is 60.7 Å². The van der Waals surface area contributed by atoms with Crippen LogP contribution < -0.4 is 4.72 Å². The van der Waals surface area contributed by atoms with Crippen LogP contribution in [0.4, 0.5) is 0 Å². The number of nitrogens with zero attached hydrogens (tertiary/aromatic N) is 1. The van der Waals surface area contributed by atoms with Crippen LogP contribution in [0.2, 0.25) is 0 Å². The zero-order chi connectivity index (χ0) is 19.6. The molecule has 4 rings (SSSR count). The van der Waals surface area contributed by atoms with E-state index in [1.54, 1.807) is 35.6 Å². The quantitative estimate of drug-likeness (QED) is 0.608. The Balaban J connectivity index is 1.46. The minimum absolute atomic E-state index is 0.0663. The smallest absolute Gasteiger partial charge is 0.254 e. The average molecular weight is 417 g/mol. The highest BCUT2D eigenvalue weighted by molar-refractivity contribution is 7.89. The van der Waals surface area contributed by atoms with E-state index in [2.05, 4.69) is 4.72 Å². The second-order valence-electron chi connectivity index (χ2n) is 6.67. The number of hydrogen-bond acceptors (Lipinski definition) is 5. The van der Waals surface area contributed by atoms with Crippen LogP contribution in [-0.4, -0.2) is 25.3 Å². The van der Waals surface area contributed by atoms with Crippen LogP contribution in [-0.2, 0) is 23.1 Å². The molecule has 0 aliphatic heterocycles. The molecule has 1 aliphatic carbocycles. The Morgan fingerprint density at radius 3 is 2.54 bits per heavy atom. The van der Waals surface area contributed by atoms with Crippen LogP contribution in [0.25, 0.3) is 0 Å². The molecule has 28 heavy (non-hydrogen) atoms. The normalized spacial score (nSPS) is 14.1. The van der Waals surface area contributed by atoms with Crippen LogP contribution in [0.3, 0.4) is 0 Å². The Kier molecular flexibility index (Phi) is 5.34. The molecule has 0 atom stereocenters. The molecule has 1 amide bonds. The predicted molar refractivity (Wildman–Crippen MR) is 106 cm³/mol. The summed E-state index contributed by atoms with van der Waals surface area (Å²) >= 11 is 1.63. The molecule has 1 saturated carbocycles. The molecule has 3 aromatic rings. The van der Waals surface area contributed by atoms with Crippen LogP contribution in [0.1, 0.15) is 33.8 Å². The third kappa shape index (κ3) is 4.35. The maximum atomic E-state index is 12.9. The lowest BCUT2D eigenvalue weighted by molar-refractivity contribution is 0.0731. The maximum absolute atomic E-state index is 12.9. The van der Waals surface area contributed by atoms with Crippen molar-refractivity contribution < 1.29 is 17.6 Å². The third-order valence-electron chi connectivity index (χ3n) is 4.58. The van der Waals surface area contributed by atoms with Crippen molar-refractivity contribution in [1.82, 2.24) is 9.62 Å². The summed E-state index contributed by atoms with van der Waals surface area (Å²) in [5.41, 5.74) is 0.494. The van der Waals surface area contributed by atoms with Gasteiger partial charge in [0.05, 0.1) is 24.2 Å². The van der Waals surface area contributed by atoms with E-state index in [9.17, 15) is 13.2 Å². The van der Waals surface area contributed by atoms with Gasteiger partial charge in [0.15, 0.2) is 0 Å². The van der Waals surface area contributed by atoms with Gasteiger partial charge in [-0.1, -0.05) is 6.07 Å². The van der Waals surface area contributed by atoms with Gasteiger partial charge in [-0.3, -0.25) is 4.79 Å². The van der Waals surface area contributed by atoms with Gasteiger partial charge in [-0.15, -0.1) is 11.3 Å². The molecule has 2 heterocycles. The molecular weight excluding hydrogens is 396 g/mol. The van der Waals surface area contributed by atoms with Crippen LogP contribution in [0.15, 0.2) is 69.5 Å². The Bertz CT molecular complexity index is 1020. The summed E-state index contributed by atoms with van der Waals surface area (Å²) in [5.74, 6) is 0.465. The van der Waals surface area contributed by atoms with Crippen molar-refractivity contribution in [2.45, 2.75) is 36.9 Å². The highest BCUT2D eigenvalue weighted by Gasteiger charge is 2.33. The number of carbonyl (C=O) groups excluding carboxylic acids is 1. The lowest BCUT2D eigenvalue weighted by Gasteiger charge is -2.22. The molecule has 1 fully saturated rings. The first-order chi connectivity index (χ1) is 13.5. The van der Waals surface area contributed by atoms with Crippen molar-refractivity contribution in [2.24, 2.45) is 0 Å². The maximum Gasteiger partial charge on any atom is 0.254 e. The van der Waals surface area contributed by atoms with E-state index >= 15 is 0 Å². The molecule has 0 bridgehead atoms. The van der Waals surface area contributed by atoms with E-state index in [0.29, 0.717) is 17.9 Å². The second kappa shape index (κ2) is 7.90. The number of nitrogens with one attached hydrogen (secondary N) is 1. The standard InChI is InChI=1S/C20H20N2O4S2/c23-20(22(16-7-8-16)14-18-4-2-12-27-18)15-5-9-19(10-6-15)28(24,25)21-13-17-3-1-11-26-17/h1-6,9-12,16,21H,7-8,13-14H2. The monoisotopic (exact) mass is 416 g/mol. The van der Waals surface area contributed by atoms with Gasteiger partial charge < -0.3 is 9.32 Å². The van der Waals surface area contributed by atoms with Gasteiger partial charge in [-0.25, -0.2) is 13.1 Å². The highest BCUT2D eigenvalue weighted by atomic mass is 32.2. The minimum atomic E-state index is -3.68. The van der Waals surface area contributed by atoms with Gasteiger partial charge in [-0.2, -0.15) is 0 Å². The Morgan fingerprint density at radius 2 is 1.93 bits per heavy atom. The van der Waals surface area contributed by atoms with Crippen molar-refractivity contribution >= 4 is 27.3 Å². The molecular formula is C20H20N2O4S2. The van der Waals surface area contributed by atoms with Gasteiger partial charge in [0.2, 0.25) is 10.0 Å². The van der Waals surface area contributed by atoms with E-state index in [1.165, 1.54) is 18.4 Å². The molecule has 0 unspecified atom stereocenters. The summed E-state index contributed by atoms with van der Waals surface area (Å²) in [6.07, 6.45) is 3.52. The molecule has 1 aromatic carbocycles. The van der Waals surface area contributed by atoms with Gasteiger partial charge in [0.25, 0.3) is 5.91 Å². The zero-order valence-electron chi connectivity index (χ0n) is 15.1. The number of amides is 1. The summed E-state index contributed by atoms with van der Waals surface area (Å²) in [6.45, 7) is 0.665. The minimum Gasteiger partial charge on any atom is -0.468 e. The van der Waals surface area contributed by atoms with Crippen molar-refractivity contribution in [3.63, 3.8) is 0 Å². The number of benzene rings is 1. The first-order valence-corrected chi connectivity index (χ1v) is 11.3. The summed E-state index contributed by atoms with van der Waals surface area (Å²) in [5, 5.41) is 2.00. The molecule has 1 aliphatic rings. The topological polar surface area (TPSA) is 79.6 Å². The number of hydrogen-bond donors (Lipinski definition) is 1. The predicted octanol–water partition coefficient (Wildman–Crippen LogP) is 3.62. The van der Waals surface area contributed by atoms with E-state index in [1.807, 2.05) is 22.4 Å². The fourth-order valence-electron chi connectivity index (χ4n) is 2.93. The summed E-state index contributed by atoms with van der Waals surface area (Å²) in [7, 11) is -3.68. The van der Waals surface area contributed by atoms with Crippen molar-refractivity contribution in [1.29, 1.82) is 0 Å². The summed E-state index contributed by atoms with van der Waals surface area (Å²) < 4.78 is 32.5. The second-order valence-corrected chi connectivity index (χ2v) is 9.47. The summed E-state index contributed by atoms with van der Waals surface area (Å²) in [4.78, 5) is 16.1. The molecule has 146 valence electrons. The number of thiophene rings is 1. The molecule has 8 heteroatoms. The number of sulfonamides is 1. The van der Waals surface area contributed by atoms with E-state index in [4.69, 9.17) is 4.42 Å². The summed E-state index contributed by atoms with van der Waals surface area (Å²) in [6, 6.07) is 13.8. The average Bonchev–Trinajstić information content (AvgIpc) is 3.18. The van der Waals surface area contributed by atoms with Crippen molar-refractivity contribution in [3.05, 3.63) is 76.4 Å². The first kappa shape index (κ1) is 18.9. The van der Waals surface area contributed by atoms with Gasteiger partial charge in [0.1, 0.15) is 5.76 Å². The van der Waals surface area contributed by atoms with Crippen LogP contribution in [0, 0.1) is 0 Å². The van der Waals surface area contributed by atoms with Crippen molar-refractivity contribution in [3.8, 4) is 0 Å². The molecule has 1 N–H and O–H groups in total. The molecule has 2 aromatic heterocycles. The van der Waals surface area contributed by atoms with Crippen LogP contribution in [0.5, 0.6) is 0 Å². The SMILES string of the molecule is O=C(c1ccc(S(=O)(=O)NCc2ccco2)cc1)N(Cc1cccs1)C1CC1. The fourth-order valence-corrected chi connectivity index (χ4v) is 4.62. The number of carbonyl (C=O) groups is 1. The molecule has 6 nitrogen and oxygen atoms in total. The third-order valence-corrected chi connectivity index (χ3v) is 6.86. The zero-order valence-corrected chi connectivity index (χ0v) is 16.7. The van der Waals surface area contributed by atoms with E-state index in [-0.39, 0.29) is 23.4 Å². The highest BCUT2D eigenvalue weighted by Crippen LogP contribution is 2.30. The fraction of sp³-hybridized carbons (Fsp3) is 0.250. The molecule has 0 saturated heterocycles. The Hall–Kier alpha value is -2.42. The number of rotatable bonds is 8. The van der Waals surface area contributed by atoms with Crippen molar-refractivity contribution in [2.75, 3.05) is 0 Å². The largest absolute Gasteiger partial charge is 0.468 e. The van der Waals surface area contributed by atoms with Crippen LogP contribution >= 0.6 is 11.3 Å². The first-order valence-electron chi connectivity index (χ1n) is 8.98. The lowest BCUT2D eigenvalue weighted by Crippen LogP contribution is -2.32. The van der Waals surface area contributed by atoms with Gasteiger partial charge >= 0.3 is 0 Å². The number of furan rings is 1. The van der Waals surface area contributed by atoms with Gasteiger partial charge in [0, 0.05) is 16.5 Å². The molecule has 0 spiro atoms. The Morgan fingerprint density at radius 1 is 1.14 bits per heavy atom. The lowest BCUT2D eigenvalue weighted by atomic mass is 10.2. The molecule has 0 radical (unpaired) electrons.